The Morgan fingerprint density at radius 2 is 2.17 bits per heavy atom. The van der Waals surface area contributed by atoms with E-state index in [9.17, 15) is 4.79 Å². The summed E-state index contributed by atoms with van der Waals surface area (Å²) in [7, 11) is 0. The predicted octanol–water partition coefficient (Wildman–Crippen LogP) is 2.09. The van der Waals surface area contributed by atoms with Crippen molar-refractivity contribution in [1.82, 2.24) is 25.2 Å². The molecule has 1 saturated heterocycles. The molecule has 0 bridgehead atoms. The van der Waals surface area contributed by atoms with E-state index < -0.39 is 0 Å². The number of carbonyl (C=O) groups is 1. The largest absolute Gasteiger partial charge is 0.343 e. The van der Waals surface area contributed by atoms with Crippen LogP contribution < -0.4 is 0 Å². The molecule has 0 aliphatic carbocycles. The van der Waals surface area contributed by atoms with Gasteiger partial charge in [-0.1, -0.05) is 35.5 Å². The number of rotatable bonds is 3. The van der Waals surface area contributed by atoms with E-state index in [-0.39, 0.29) is 11.8 Å². The maximum Gasteiger partial charge on any atom is 0.271 e. The van der Waals surface area contributed by atoms with Crippen LogP contribution in [-0.4, -0.2) is 44.2 Å². The van der Waals surface area contributed by atoms with Crippen molar-refractivity contribution in [2.75, 3.05) is 13.1 Å². The molecule has 0 unspecified atom stereocenters. The van der Waals surface area contributed by atoms with E-state index in [1.165, 1.54) is 6.39 Å². The Kier molecular flexibility index (Phi) is 3.38. The highest BCUT2D eigenvalue weighted by Gasteiger charge is 2.31. The minimum Gasteiger partial charge on any atom is -0.343 e. The molecule has 116 valence electrons. The highest BCUT2D eigenvalue weighted by molar-refractivity contribution is 5.93. The summed E-state index contributed by atoms with van der Waals surface area (Å²) in [6, 6.07) is 11.6. The van der Waals surface area contributed by atoms with Crippen molar-refractivity contribution in [3.8, 4) is 11.3 Å². The van der Waals surface area contributed by atoms with Gasteiger partial charge in [0.05, 0.1) is 5.69 Å². The van der Waals surface area contributed by atoms with Crippen molar-refractivity contribution in [2.45, 2.75) is 12.3 Å². The van der Waals surface area contributed by atoms with Crippen LogP contribution in [0.1, 0.15) is 28.7 Å². The van der Waals surface area contributed by atoms with Gasteiger partial charge in [-0.05, 0) is 12.5 Å². The third-order valence-corrected chi connectivity index (χ3v) is 4.10. The molecule has 1 fully saturated rings. The minimum atomic E-state index is -0.0503. The zero-order valence-corrected chi connectivity index (χ0v) is 12.3. The summed E-state index contributed by atoms with van der Waals surface area (Å²) in [5.41, 5.74) is 2.24. The average molecular weight is 309 g/mol. The Balaban J connectivity index is 1.49. The third kappa shape index (κ3) is 2.61. The van der Waals surface area contributed by atoms with E-state index in [1.54, 1.807) is 11.0 Å². The molecule has 0 saturated carbocycles. The normalized spacial score (nSPS) is 17.6. The second kappa shape index (κ2) is 5.68. The Bertz CT molecular complexity index is 797. The Hall–Kier alpha value is -2.96. The molecular formula is C16H15N5O2. The number of hydrogen-bond donors (Lipinski definition) is 1. The number of nitrogens with zero attached hydrogens (tertiary/aromatic N) is 4. The van der Waals surface area contributed by atoms with Crippen LogP contribution in [0, 0.1) is 0 Å². The van der Waals surface area contributed by atoms with Crippen molar-refractivity contribution < 1.29 is 9.32 Å². The van der Waals surface area contributed by atoms with Gasteiger partial charge >= 0.3 is 0 Å². The van der Waals surface area contributed by atoms with E-state index in [0.29, 0.717) is 24.6 Å². The Morgan fingerprint density at radius 3 is 2.96 bits per heavy atom. The van der Waals surface area contributed by atoms with Crippen LogP contribution in [0.3, 0.4) is 0 Å². The first kappa shape index (κ1) is 13.7. The number of hydrogen-bond acceptors (Lipinski definition) is 5. The van der Waals surface area contributed by atoms with Crippen molar-refractivity contribution >= 4 is 5.91 Å². The smallest absolute Gasteiger partial charge is 0.271 e. The van der Waals surface area contributed by atoms with Crippen molar-refractivity contribution in [1.29, 1.82) is 0 Å². The predicted molar refractivity (Wildman–Crippen MR) is 81.6 cm³/mol. The molecule has 7 nitrogen and oxygen atoms in total. The van der Waals surface area contributed by atoms with Gasteiger partial charge in [0.15, 0.2) is 5.82 Å². The first-order valence-electron chi connectivity index (χ1n) is 7.47. The summed E-state index contributed by atoms with van der Waals surface area (Å²) in [5.74, 6) is 0.745. The highest BCUT2D eigenvalue weighted by atomic mass is 16.5. The van der Waals surface area contributed by atoms with Crippen LogP contribution in [-0.2, 0) is 0 Å². The molecule has 2 aromatic heterocycles. The van der Waals surface area contributed by atoms with Gasteiger partial charge in [0.25, 0.3) is 5.91 Å². The second-order valence-corrected chi connectivity index (χ2v) is 5.56. The number of carbonyl (C=O) groups excluding carboxylic acids is 1. The molecule has 1 amide bonds. The van der Waals surface area contributed by atoms with E-state index in [4.69, 9.17) is 4.52 Å². The monoisotopic (exact) mass is 309 g/mol. The molecule has 0 spiro atoms. The number of aromatic nitrogens is 4. The maximum absolute atomic E-state index is 12.6. The lowest BCUT2D eigenvalue weighted by atomic mass is 10.1. The Morgan fingerprint density at radius 1 is 1.30 bits per heavy atom. The van der Waals surface area contributed by atoms with Gasteiger partial charge in [0.2, 0.25) is 6.39 Å². The van der Waals surface area contributed by atoms with Gasteiger partial charge in [-0.2, -0.15) is 10.1 Å². The first-order chi connectivity index (χ1) is 11.3. The molecule has 4 rings (SSSR count). The molecule has 0 radical (unpaired) electrons. The zero-order valence-electron chi connectivity index (χ0n) is 12.3. The van der Waals surface area contributed by atoms with E-state index in [1.807, 2.05) is 30.3 Å². The molecular weight excluding hydrogens is 294 g/mol. The van der Waals surface area contributed by atoms with Crippen molar-refractivity contribution in [2.24, 2.45) is 0 Å². The van der Waals surface area contributed by atoms with Crippen LogP contribution in [0.2, 0.25) is 0 Å². The summed E-state index contributed by atoms with van der Waals surface area (Å²) in [4.78, 5) is 18.5. The maximum atomic E-state index is 12.6. The van der Waals surface area contributed by atoms with Gasteiger partial charge in [0.1, 0.15) is 5.69 Å². The summed E-state index contributed by atoms with van der Waals surface area (Å²) >= 11 is 0. The van der Waals surface area contributed by atoms with Gasteiger partial charge in [-0.25, -0.2) is 0 Å². The fraction of sp³-hybridized carbons (Fsp3) is 0.250. The SMILES string of the molecule is O=C(c1cc(-c2ccccc2)n[nH]1)N1CC[C@@H](c2ncon2)C1. The average Bonchev–Trinajstić information content (AvgIpc) is 3.35. The lowest BCUT2D eigenvalue weighted by Gasteiger charge is -2.14. The molecule has 3 heterocycles. The third-order valence-electron chi connectivity index (χ3n) is 4.10. The van der Waals surface area contributed by atoms with Crippen LogP contribution in [0.5, 0.6) is 0 Å². The summed E-state index contributed by atoms with van der Waals surface area (Å²) < 4.78 is 4.78. The lowest BCUT2D eigenvalue weighted by Crippen LogP contribution is -2.28. The molecule has 1 aromatic carbocycles. The number of nitrogens with one attached hydrogen (secondary N) is 1. The van der Waals surface area contributed by atoms with E-state index in [0.717, 1.165) is 17.7 Å². The summed E-state index contributed by atoms with van der Waals surface area (Å²) in [5, 5.41) is 10.9. The van der Waals surface area contributed by atoms with Gasteiger partial charge < -0.3 is 9.42 Å². The van der Waals surface area contributed by atoms with E-state index >= 15 is 0 Å². The number of aromatic amines is 1. The van der Waals surface area contributed by atoms with Gasteiger partial charge in [0, 0.05) is 24.6 Å². The molecule has 1 aliphatic rings. The Labute approximate surface area is 132 Å². The topological polar surface area (TPSA) is 87.9 Å². The van der Waals surface area contributed by atoms with Gasteiger partial charge in [-0.15, -0.1) is 0 Å². The number of amides is 1. The zero-order chi connectivity index (χ0) is 15.6. The summed E-state index contributed by atoms with van der Waals surface area (Å²) in [6.45, 7) is 1.27. The number of H-pyrrole nitrogens is 1. The molecule has 1 atom stereocenters. The second-order valence-electron chi connectivity index (χ2n) is 5.56. The summed E-state index contributed by atoms with van der Waals surface area (Å²) in [6.07, 6.45) is 2.16. The van der Waals surface area contributed by atoms with Crippen LogP contribution in [0.15, 0.2) is 47.3 Å². The molecule has 1 N–H and O–H groups in total. The number of likely N-dealkylation sites (tertiary alicyclic amines) is 1. The lowest BCUT2D eigenvalue weighted by molar-refractivity contribution is 0.0784. The highest BCUT2D eigenvalue weighted by Crippen LogP contribution is 2.26. The quantitative estimate of drug-likeness (QED) is 0.800. The molecule has 23 heavy (non-hydrogen) atoms. The first-order valence-corrected chi connectivity index (χ1v) is 7.47. The van der Waals surface area contributed by atoms with Crippen molar-refractivity contribution in [3.63, 3.8) is 0 Å². The minimum absolute atomic E-state index is 0.0503. The molecule has 7 heteroatoms. The number of benzene rings is 1. The van der Waals surface area contributed by atoms with Crippen molar-refractivity contribution in [3.05, 3.63) is 54.3 Å². The van der Waals surface area contributed by atoms with Crippen LogP contribution in [0.25, 0.3) is 11.3 Å². The fourth-order valence-electron chi connectivity index (χ4n) is 2.87. The molecule has 1 aliphatic heterocycles. The standard InChI is InChI=1S/C16H15N5O2/c22-16(21-7-6-12(9-21)15-17-10-23-20-15)14-8-13(18-19-14)11-4-2-1-3-5-11/h1-5,8,10,12H,6-7,9H2,(H,18,19)/t12-/m1/s1. The van der Waals surface area contributed by atoms with E-state index in [2.05, 4.69) is 20.3 Å². The van der Waals surface area contributed by atoms with Gasteiger partial charge in [-0.3, -0.25) is 9.89 Å². The van der Waals surface area contributed by atoms with Crippen LogP contribution >= 0.6 is 0 Å². The fourth-order valence-corrected chi connectivity index (χ4v) is 2.87. The molecule has 3 aromatic rings. The van der Waals surface area contributed by atoms with Crippen LogP contribution in [0.4, 0.5) is 0 Å².